The number of halogens is 2. The van der Waals surface area contributed by atoms with Gasteiger partial charge in [-0.2, -0.15) is 17.7 Å². The summed E-state index contributed by atoms with van der Waals surface area (Å²) in [6.07, 6.45) is 9.85. The van der Waals surface area contributed by atoms with Gasteiger partial charge >= 0.3 is 0 Å². The van der Waals surface area contributed by atoms with Crippen LogP contribution < -0.4 is 0 Å². The predicted molar refractivity (Wildman–Crippen MR) is 111 cm³/mol. The fraction of sp³-hybridized carbons (Fsp3) is 0.182. The van der Waals surface area contributed by atoms with Crippen LogP contribution in [0.1, 0.15) is 28.7 Å². The van der Waals surface area contributed by atoms with Crippen molar-refractivity contribution in [2.75, 3.05) is 0 Å². The molecule has 0 saturated heterocycles. The van der Waals surface area contributed by atoms with Crippen LogP contribution in [-0.2, 0) is 39.7 Å². The van der Waals surface area contributed by atoms with E-state index < -0.39 is 0 Å². The topological polar surface area (TPSA) is 4.93 Å². The van der Waals surface area contributed by atoms with Crippen molar-refractivity contribution in [1.29, 1.82) is 0 Å². The number of hydrogen-bond acceptors (Lipinski definition) is 0. The van der Waals surface area contributed by atoms with E-state index in [-0.39, 0.29) is 51.0 Å². The van der Waals surface area contributed by atoms with E-state index in [1.165, 1.54) is 50.0 Å². The summed E-state index contributed by atoms with van der Waals surface area (Å²) < 4.78 is 2.36. The number of rotatable bonds is 1. The molecule has 0 fully saturated rings. The zero-order chi connectivity index (χ0) is 15.6. The van der Waals surface area contributed by atoms with Crippen LogP contribution >= 0.6 is 24.8 Å². The molecule has 132 valence electrons. The van der Waals surface area contributed by atoms with Gasteiger partial charge < -0.3 is 4.57 Å². The summed E-state index contributed by atoms with van der Waals surface area (Å²) in [6.45, 7) is 2.18. The van der Waals surface area contributed by atoms with Crippen LogP contribution in [-0.4, -0.2) is 4.57 Å². The summed E-state index contributed by atoms with van der Waals surface area (Å²) in [5.41, 5.74) is 11.0. The SMILES string of the molecule is Cc1ccc2c(c1)c1c(n2C)-c2cccc(C3=[C-]CC=C3)c2C1.Cl.Cl.[Zr]. The molecule has 4 heteroatoms. The smallest absolute Gasteiger partial charge is 0.0516 e. The summed E-state index contributed by atoms with van der Waals surface area (Å²) in [7, 11) is 2.19. The van der Waals surface area contributed by atoms with Crippen LogP contribution in [0.4, 0.5) is 0 Å². The second-order valence-electron chi connectivity index (χ2n) is 6.61. The first-order valence-electron chi connectivity index (χ1n) is 8.22. The van der Waals surface area contributed by atoms with E-state index in [0.717, 1.165) is 12.8 Å². The Morgan fingerprint density at radius 2 is 1.77 bits per heavy atom. The Bertz CT molecular complexity index is 1040. The molecule has 0 aliphatic heterocycles. The van der Waals surface area contributed by atoms with Crippen LogP contribution in [0.25, 0.3) is 27.7 Å². The van der Waals surface area contributed by atoms with Gasteiger partial charge in [0.2, 0.25) is 0 Å². The van der Waals surface area contributed by atoms with Gasteiger partial charge in [0.15, 0.2) is 0 Å². The standard InChI is InChI=1S/C22H18N.2ClH.Zr/c1-14-10-11-21-19(12-14)20-13-18-16(15-6-3-4-7-15)8-5-9-17(18)22(20)23(21)2;;;/h3,5-6,8-12H,4,13H2,1-2H3;2*1H;/q-1;;;. The van der Waals surface area contributed by atoms with Crippen molar-refractivity contribution in [2.45, 2.75) is 19.8 Å². The van der Waals surface area contributed by atoms with Crippen molar-refractivity contribution in [3.63, 3.8) is 0 Å². The molecule has 0 unspecified atom stereocenters. The maximum Gasteiger partial charge on any atom is 0.0516 e. The zero-order valence-corrected chi connectivity index (χ0v) is 18.9. The monoisotopic (exact) mass is 458 g/mol. The van der Waals surface area contributed by atoms with Crippen LogP contribution in [0.5, 0.6) is 0 Å². The predicted octanol–water partition coefficient (Wildman–Crippen LogP) is 6.05. The fourth-order valence-electron chi connectivity index (χ4n) is 4.17. The van der Waals surface area contributed by atoms with Gasteiger partial charge in [0, 0.05) is 44.2 Å². The largest absolute Gasteiger partial charge is 0.343 e. The molecule has 1 heterocycles. The molecule has 0 amide bonds. The molecule has 0 spiro atoms. The number of benzene rings is 2. The Kier molecular flexibility index (Phi) is 6.44. The minimum Gasteiger partial charge on any atom is -0.343 e. The van der Waals surface area contributed by atoms with Gasteiger partial charge in [0.05, 0.1) is 5.69 Å². The Balaban J connectivity index is 0.000000810. The van der Waals surface area contributed by atoms with Gasteiger partial charge in [-0.15, -0.1) is 42.5 Å². The second-order valence-corrected chi connectivity index (χ2v) is 6.61. The van der Waals surface area contributed by atoms with E-state index in [1.54, 1.807) is 0 Å². The van der Waals surface area contributed by atoms with Crippen molar-refractivity contribution >= 4 is 41.3 Å². The summed E-state index contributed by atoms with van der Waals surface area (Å²) in [4.78, 5) is 0. The molecule has 2 aliphatic carbocycles. The number of aromatic nitrogens is 1. The third-order valence-electron chi connectivity index (χ3n) is 5.23. The Morgan fingerprint density at radius 1 is 1.00 bits per heavy atom. The molecule has 0 atom stereocenters. The van der Waals surface area contributed by atoms with Crippen molar-refractivity contribution in [3.8, 4) is 11.3 Å². The van der Waals surface area contributed by atoms with Gasteiger partial charge in [-0.1, -0.05) is 35.7 Å². The Hall–Kier alpha value is -1.08. The summed E-state index contributed by atoms with van der Waals surface area (Å²) >= 11 is 0. The molecule has 1 aromatic heterocycles. The van der Waals surface area contributed by atoms with Crippen molar-refractivity contribution < 1.29 is 26.2 Å². The number of hydrogen-bond donors (Lipinski definition) is 0. The number of allylic oxidation sites excluding steroid dienone is 4. The first-order chi connectivity index (χ1) is 11.2. The quantitative estimate of drug-likeness (QED) is 0.305. The molecule has 5 rings (SSSR count). The average molecular weight is 461 g/mol. The summed E-state index contributed by atoms with van der Waals surface area (Å²) in [6, 6.07) is 13.5. The average Bonchev–Trinajstić information content (AvgIpc) is 3.25. The molecule has 2 aromatic carbocycles. The van der Waals surface area contributed by atoms with Gasteiger partial charge in [0.1, 0.15) is 0 Å². The maximum absolute atomic E-state index is 3.48. The van der Waals surface area contributed by atoms with Gasteiger partial charge in [-0.3, -0.25) is 0 Å². The van der Waals surface area contributed by atoms with E-state index in [1.807, 2.05) is 0 Å². The van der Waals surface area contributed by atoms with Gasteiger partial charge in [0.25, 0.3) is 0 Å². The van der Waals surface area contributed by atoms with Crippen molar-refractivity contribution in [2.24, 2.45) is 7.05 Å². The van der Waals surface area contributed by atoms with Crippen LogP contribution in [0.2, 0.25) is 0 Å². The molecule has 0 radical (unpaired) electrons. The van der Waals surface area contributed by atoms with Crippen LogP contribution in [0.3, 0.4) is 0 Å². The third-order valence-corrected chi connectivity index (χ3v) is 5.23. The fourth-order valence-corrected chi connectivity index (χ4v) is 4.17. The van der Waals surface area contributed by atoms with Gasteiger partial charge in [-0.05, 0) is 36.6 Å². The second kappa shape index (κ2) is 7.89. The van der Waals surface area contributed by atoms with E-state index >= 15 is 0 Å². The molecule has 1 nitrogen and oxygen atoms in total. The number of fused-ring (bicyclic) bond motifs is 5. The maximum atomic E-state index is 3.48. The molecule has 0 N–H and O–H groups in total. The summed E-state index contributed by atoms with van der Waals surface area (Å²) in [5.74, 6) is 0. The van der Waals surface area contributed by atoms with Crippen molar-refractivity contribution in [1.82, 2.24) is 4.57 Å². The Morgan fingerprint density at radius 3 is 2.50 bits per heavy atom. The minimum absolute atomic E-state index is 0. The van der Waals surface area contributed by atoms with E-state index in [9.17, 15) is 0 Å². The molecule has 2 aliphatic rings. The summed E-state index contributed by atoms with van der Waals surface area (Å²) in [5, 5.41) is 1.41. The number of aryl methyl sites for hydroxylation is 2. The molecule has 0 saturated carbocycles. The number of nitrogens with zero attached hydrogens (tertiary/aromatic N) is 1. The molecule has 0 bridgehead atoms. The van der Waals surface area contributed by atoms with E-state index in [2.05, 4.69) is 73.2 Å². The first kappa shape index (κ1) is 21.2. The van der Waals surface area contributed by atoms with Crippen LogP contribution in [0, 0.1) is 13.0 Å². The minimum atomic E-state index is 0. The zero-order valence-electron chi connectivity index (χ0n) is 14.8. The molecule has 26 heavy (non-hydrogen) atoms. The Labute approximate surface area is 186 Å². The molecule has 3 aromatic rings. The van der Waals surface area contributed by atoms with E-state index in [0.29, 0.717) is 0 Å². The third kappa shape index (κ3) is 2.97. The van der Waals surface area contributed by atoms with Gasteiger partial charge in [-0.25, -0.2) is 0 Å². The van der Waals surface area contributed by atoms with Crippen molar-refractivity contribution in [3.05, 3.63) is 76.9 Å². The first-order valence-corrected chi connectivity index (χ1v) is 8.22. The normalized spacial score (nSPS) is 13.4. The molecular formula is C22H20Cl2NZr-. The van der Waals surface area contributed by atoms with E-state index in [4.69, 9.17) is 0 Å². The van der Waals surface area contributed by atoms with Crippen LogP contribution in [0.15, 0.2) is 48.6 Å². The molecular weight excluding hydrogens is 440 g/mol.